The van der Waals surface area contributed by atoms with E-state index in [0.717, 1.165) is 18.8 Å². The minimum atomic E-state index is -0.0825. The number of rotatable bonds is 6. The molecule has 2 N–H and O–H groups in total. The summed E-state index contributed by atoms with van der Waals surface area (Å²) in [7, 11) is 0. The predicted molar refractivity (Wildman–Crippen MR) is 123 cm³/mol. The maximum absolute atomic E-state index is 12.7. The van der Waals surface area contributed by atoms with Crippen LogP contribution in [0.3, 0.4) is 0 Å². The van der Waals surface area contributed by atoms with Gasteiger partial charge in [0.25, 0.3) is 0 Å². The molecular weight excluding hydrogens is 392 g/mol. The summed E-state index contributed by atoms with van der Waals surface area (Å²) in [5, 5.41) is 6.36. The largest absolute Gasteiger partial charge is 0.443 e. The van der Waals surface area contributed by atoms with Gasteiger partial charge >= 0.3 is 0 Å². The van der Waals surface area contributed by atoms with Crippen LogP contribution in [-0.4, -0.2) is 61.0 Å². The Bertz CT molecular complexity index is 864. The molecule has 31 heavy (non-hydrogen) atoms. The lowest BCUT2D eigenvalue weighted by Gasteiger charge is -2.36. The van der Waals surface area contributed by atoms with Crippen molar-refractivity contribution in [2.75, 3.05) is 44.2 Å². The van der Waals surface area contributed by atoms with Gasteiger partial charge in [-0.25, -0.2) is 9.98 Å². The summed E-state index contributed by atoms with van der Waals surface area (Å²) in [5.41, 5.74) is 1.12. The molecule has 3 rings (SSSR count). The molecular formula is C23H34N6O2. The first kappa shape index (κ1) is 22.7. The Kier molecular flexibility index (Phi) is 7.55. The topological polar surface area (TPSA) is 86.0 Å². The lowest BCUT2D eigenvalue weighted by molar-refractivity contribution is -0.129. The molecule has 0 unspecified atom stereocenters. The average molecular weight is 427 g/mol. The number of carbonyl (C=O) groups is 1. The van der Waals surface area contributed by atoms with E-state index in [-0.39, 0.29) is 17.9 Å². The van der Waals surface area contributed by atoms with Gasteiger partial charge in [-0.05, 0) is 19.1 Å². The van der Waals surface area contributed by atoms with Crippen molar-refractivity contribution < 1.29 is 9.21 Å². The lowest BCUT2D eigenvalue weighted by atomic mass is 9.94. The minimum Gasteiger partial charge on any atom is -0.443 e. The molecule has 0 saturated carbocycles. The summed E-state index contributed by atoms with van der Waals surface area (Å²) in [5.74, 6) is 2.06. The molecule has 0 bridgehead atoms. The van der Waals surface area contributed by atoms with Gasteiger partial charge in [-0.1, -0.05) is 39.0 Å². The number of nitrogens with one attached hydrogen (secondary N) is 2. The molecule has 168 valence electrons. The van der Waals surface area contributed by atoms with Gasteiger partial charge in [-0.15, -0.1) is 0 Å². The van der Waals surface area contributed by atoms with Crippen LogP contribution in [-0.2, 0) is 16.8 Å². The summed E-state index contributed by atoms with van der Waals surface area (Å²) >= 11 is 0. The van der Waals surface area contributed by atoms with Gasteiger partial charge in [-0.2, -0.15) is 0 Å². The van der Waals surface area contributed by atoms with Crippen molar-refractivity contribution >= 4 is 17.6 Å². The number of aromatic nitrogens is 1. The number of piperazine rings is 1. The highest BCUT2D eigenvalue weighted by atomic mass is 16.4. The molecule has 1 aromatic carbocycles. The van der Waals surface area contributed by atoms with Crippen molar-refractivity contribution in [1.29, 1.82) is 0 Å². The Morgan fingerprint density at radius 3 is 2.45 bits per heavy atom. The number of para-hydroxylation sites is 1. The first-order valence-corrected chi connectivity index (χ1v) is 10.9. The van der Waals surface area contributed by atoms with Crippen LogP contribution in [0.25, 0.3) is 0 Å². The second kappa shape index (κ2) is 10.3. The van der Waals surface area contributed by atoms with Gasteiger partial charge in [0.2, 0.25) is 11.8 Å². The maximum Gasteiger partial charge on any atom is 0.244 e. The predicted octanol–water partition coefficient (Wildman–Crippen LogP) is 2.38. The molecule has 0 spiro atoms. The van der Waals surface area contributed by atoms with Crippen molar-refractivity contribution in [2.24, 2.45) is 4.99 Å². The van der Waals surface area contributed by atoms with Crippen LogP contribution in [0.1, 0.15) is 39.3 Å². The summed E-state index contributed by atoms with van der Waals surface area (Å²) in [6.07, 6.45) is 1.76. The van der Waals surface area contributed by atoms with Crippen LogP contribution >= 0.6 is 0 Å². The molecule has 2 aromatic rings. The van der Waals surface area contributed by atoms with Crippen molar-refractivity contribution in [3.8, 4) is 0 Å². The molecule has 0 atom stereocenters. The van der Waals surface area contributed by atoms with Crippen LogP contribution in [0.4, 0.5) is 5.69 Å². The van der Waals surface area contributed by atoms with E-state index in [9.17, 15) is 4.79 Å². The number of carbonyl (C=O) groups excluding carboxylic acids is 1. The van der Waals surface area contributed by atoms with E-state index >= 15 is 0 Å². The monoisotopic (exact) mass is 426 g/mol. The number of oxazole rings is 1. The third-order valence-electron chi connectivity index (χ3n) is 5.17. The van der Waals surface area contributed by atoms with Gasteiger partial charge in [0.1, 0.15) is 12.3 Å². The molecule has 2 heterocycles. The number of hydrogen-bond donors (Lipinski definition) is 2. The average Bonchev–Trinajstić information content (AvgIpc) is 3.26. The van der Waals surface area contributed by atoms with Crippen LogP contribution < -0.4 is 15.5 Å². The number of nitrogens with zero attached hydrogens (tertiary/aromatic N) is 4. The molecule has 1 aromatic heterocycles. The Hall–Kier alpha value is -3.03. The third-order valence-corrected chi connectivity index (χ3v) is 5.17. The van der Waals surface area contributed by atoms with E-state index in [1.54, 1.807) is 6.20 Å². The van der Waals surface area contributed by atoms with E-state index in [4.69, 9.17) is 4.42 Å². The molecule has 1 aliphatic rings. The number of guanidine groups is 1. The smallest absolute Gasteiger partial charge is 0.244 e. The first-order chi connectivity index (χ1) is 14.9. The molecule has 8 heteroatoms. The molecule has 8 nitrogen and oxygen atoms in total. The Labute approximate surface area is 184 Å². The summed E-state index contributed by atoms with van der Waals surface area (Å²) in [4.78, 5) is 25.6. The standard InChI is InChI=1S/C23H34N6O2/c1-5-24-22(26-16-20-25-15-19(31-20)23(2,3)4)27-17-21(30)29-13-11-28(12-14-29)18-9-7-6-8-10-18/h6-10,15H,5,11-14,16-17H2,1-4H3,(H2,24,26,27). The van der Waals surface area contributed by atoms with Crippen molar-refractivity contribution in [1.82, 2.24) is 20.5 Å². The fourth-order valence-corrected chi connectivity index (χ4v) is 3.34. The Morgan fingerprint density at radius 2 is 1.84 bits per heavy atom. The third kappa shape index (κ3) is 6.47. The van der Waals surface area contributed by atoms with Crippen LogP contribution in [0.15, 0.2) is 45.9 Å². The van der Waals surface area contributed by atoms with E-state index in [2.05, 4.69) is 58.4 Å². The van der Waals surface area contributed by atoms with E-state index in [0.29, 0.717) is 38.0 Å². The molecule has 0 radical (unpaired) electrons. The van der Waals surface area contributed by atoms with Gasteiger partial charge in [0.05, 0.1) is 12.7 Å². The number of anilines is 1. The number of benzene rings is 1. The van der Waals surface area contributed by atoms with E-state index in [1.165, 1.54) is 5.69 Å². The molecule has 1 fully saturated rings. The number of hydrogen-bond acceptors (Lipinski definition) is 5. The maximum atomic E-state index is 12.7. The number of aliphatic imine (C=N–C) groups is 1. The molecule has 0 aliphatic carbocycles. The Morgan fingerprint density at radius 1 is 1.13 bits per heavy atom. The lowest BCUT2D eigenvalue weighted by Crippen LogP contribution is -2.49. The van der Waals surface area contributed by atoms with Gasteiger partial charge in [0.15, 0.2) is 5.96 Å². The fourth-order valence-electron chi connectivity index (χ4n) is 3.34. The summed E-state index contributed by atoms with van der Waals surface area (Å²) in [6, 6.07) is 10.3. The zero-order chi connectivity index (χ0) is 22.3. The van der Waals surface area contributed by atoms with Gasteiger partial charge < -0.3 is 24.9 Å². The normalized spacial score (nSPS) is 15.2. The van der Waals surface area contributed by atoms with Crippen LogP contribution in [0.5, 0.6) is 0 Å². The SMILES string of the molecule is CCNC(=NCC(=O)N1CCN(c2ccccc2)CC1)NCc1ncc(C(C)(C)C)o1. The van der Waals surface area contributed by atoms with Crippen LogP contribution in [0, 0.1) is 0 Å². The van der Waals surface area contributed by atoms with Gasteiger partial charge in [-0.3, -0.25) is 4.79 Å². The second-order valence-electron chi connectivity index (χ2n) is 8.62. The zero-order valence-electron chi connectivity index (χ0n) is 19.0. The second-order valence-corrected chi connectivity index (χ2v) is 8.62. The highest BCUT2D eigenvalue weighted by Gasteiger charge is 2.21. The van der Waals surface area contributed by atoms with Gasteiger partial charge in [0, 0.05) is 43.8 Å². The molecule has 1 aliphatic heterocycles. The summed E-state index contributed by atoms with van der Waals surface area (Å²) < 4.78 is 5.81. The highest BCUT2D eigenvalue weighted by Crippen LogP contribution is 2.22. The highest BCUT2D eigenvalue weighted by molar-refractivity contribution is 5.85. The number of amides is 1. The molecule has 1 saturated heterocycles. The minimum absolute atomic E-state index is 0.0380. The van der Waals surface area contributed by atoms with Crippen LogP contribution in [0.2, 0.25) is 0 Å². The quantitative estimate of drug-likeness (QED) is 0.545. The zero-order valence-corrected chi connectivity index (χ0v) is 19.0. The first-order valence-electron chi connectivity index (χ1n) is 10.9. The summed E-state index contributed by atoms with van der Waals surface area (Å²) in [6.45, 7) is 12.5. The Balaban J connectivity index is 1.49. The van der Waals surface area contributed by atoms with Crippen molar-refractivity contribution in [3.05, 3.63) is 48.2 Å². The van der Waals surface area contributed by atoms with E-state index < -0.39 is 0 Å². The van der Waals surface area contributed by atoms with Crippen molar-refractivity contribution in [2.45, 2.75) is 39.7 Å². The van der Waals surface area contributed by atoms with E-state index in [1.807, 2.05) is 30.0 Å². The molecule has 1 amide bonds. The van der Waals surface area contributed by atoms with Crippen molar-refractivity contribution in [3.63, 3.8) is 0 Å². The fraction of sp³-hybridized carbons (Fsp3) is 0.522.